The van der Waals surface area contributed by atoms with Crippen LogP contribution in [-0.4, -0.2) is 34.5 Å². The topological polar surface area (TPSA) is 32.3 Å². The number of aromatic nitrogens is 2. The number of fused-ring (bicyclic) bond motifs is 2. The summed E-state index contributed by atoms with van der Waals surface area (Å²) >= 11 is 1.88. The first kappa shape index (κ1) is 16.9. The normalized spacial score (nSPS) is 21.9. The second-order valence-electron chi connectivity index (χ2n) is 7.82. The molecule has 138 valence electrons. The first-order valence-corrected chi connectivity index (χ1v) is 10.5. The zero-order chi connectivity index (χ0) is 18.3. The minimum atomic E-state index is 0.149. The Hall–Kier alpha value is -2.24. The summed E-state index contributed by atoms with van der Waals surface area (Å²) in [5, 5.41) is 2.21. The third-order valence-electron chi connectivity index (χ3n) is 5.97. The standard InChI is InChI=1S/C22H24N4S/c1-17-7-12-27-20(17)14-25-11-8-22(15-25)16-26(13-18-5-2-3-9-23-18)19-6-4-10-24-21(19)22/h2-7,9-10,12H,8,11,13-16H2,1H3/t22-/m1/s1. The molecule has 5 rings (SSSR count). The van der Waals surface area contributed by atoms with Crippen LogP contribution in [0.5, 0.6) is 0 Å². The van der Waals surface area contributed by atoms with E-state index in [2.05, 4.69) is 57.4 Å². The lowest BCUT2D eigenvalue weighted by atomic mass is 9.85. The maximum atomic E-state index is 4.85. The Kier molecular flexibility index (Phi) is 4.21. The summed E-state index contributed by atoms with van der Waals surface area (Å²) in [5.74, 6) is 0. The first-order chi connectivity index (χ1) is 13.2. The van der Waals surface area contributed by atoms with Crippen LogP contribution in [0.2, 0.25) is 0 Å². The van der Waals surface area contributed by atoms with Crippen molar-refractivity contribution in [3.8, 4) is 0 Å². The van der Waals surface area contributed by atoms with Gasteiger partial charge >= 0.3 is 0 Å². The molecule has 2 aliphatic rings. The number of rotatable bonds is 4. The van der Waals surface area contributed by atoms with Crippen molar-refractivity contribution in [1.82, 2.24) is 14.9 Å². The zero-order valence-electron chi connectivity index (χ0n) is 15.6. The number of pyridine rings is 2. The quantitative estimate of drug-likeness (QED) is 0.689. The van der Waals surface area contributed by atoms with Gasteiger partial charge in [0.2, 0.25) is 0 Å². The number of hydrogen-bond acceptors (Lipinski definition) is 5. The Morgan fingerprint density at radius 2 is 1.96 bits per heavy atom. The molecular formula is C22H24N4S. The van der Waals surface area contributed by atoms with Crippen LogP contribution in [0.4, 0.5) is 5.69 Å². The van der Waals surface area contributed by atoms with Crippen LogP contribution in [0.25, 0.3) is 0 Å². The molecule has 0 amide bonds. The third-order valence-corrected chi connectivity index (χ3v) is 6.98. The molecule has 0 aromatic carbocycles. The fourth-order valence-electron chi connectivity index (χ4n) is 4.60. The fraction of sp³-hybridized carbons (Fsp3) is 0.364. The van der Waals surface area contributed by atoms with E-state index < -0.39 is 0 Å². The van der Waals surface area contributed by atoms with Crippen molar-refractivity contribution < 1.29 is 0 Å². The summed E-state index contributed by atoms with van der Waals surface area (Å²) in [6, 6.07) is 12.7. The Morgan fingerprint density at radius 1 is 1.04 bits per heavy atom. The molecule has 1 fully saturated rings. The predicted molar refractivity (Wildman–Crippen MR) is 110 cm³/mol. The van der Waals surface area contributed by atoms with Gasteiger partial charge in [-0.1, -0.05) is 6.07 Å². The second kappa shape index (κ2) is 6.73. The highest BCUT2D eigenvalue weighted by Gasteiger charge is 2.48. The van der Waals surface area contributed by atoms with Crippen LogP contribution in [-0.2, 0) is 18.5 Å². The van der Waals surface area contributed by atoms with Crippen molar-refractivity contribution in [1.29, 1.82) is 0 Å². The van der Waals surface area contributed by atoms with E-state index in [9.17, 15) is 0 Å². The SMILES string of the molecule is Cc1ccsc1CN1CC[C@@]2(C1)CN(Cc1ccccn1)c1cccnc12. The number of anilines is 1. The van der Waals surface area contributed by atoms with Crippen molar-refractivity contribution in [2.24, 2.45) is 0 Å². The molecule has 3 aromatic heterocycles. The molecule has 5 heterocycles. The van der Waals surface area contributed by atoms with Gasteiger partial charge in [-0.05, 0) is 61.2 Å². The molecule has 1 spiro atoms. The largest absolute Gasteiger partial charge is 0.363 e. The van der Waals surface area contributed by atoms with E-state index in [1.165, 1.54) is 28.2 Å². The Bertz CT molecular complexity index is 938. The van der Waals surface area contributed by atoms with Crippen LogP contribution in [0.15, 0.2) is 54.2 Å². The molecular weight excluding hydrogens is 352 g/mol. The van der Waals surface area contributed by atoms with Crippen LogP contribution >= 0.6 is 11.3 Å². The van der Waals surface area contributed by atoms with Crippen molar-refractivity contribution in [2.45, 2.75) is 31.8 Å². The summed E-state index contributed by atoms with van der Waals surface area (Å²) in [4.78, 5) is 16.0. The number of aryl methyl sites for hydroxylation is 1. The minimum Gasteiger partial charge on any atom is -0.363 e. The zero-order valence-corrected chi connectivity index (χ0v) is 16.5. The summed E-state index contributed by atoms with van der Waals surface area (Å²) in [6.45, 7) is 7.41. The molecule has 0 N–H and O–H groups in total. The van der Waals surface area contributed by atoms with Crippen molar-refractivity contribution in [2.75, 3.05) is 24.5 Å². The van der Waals surface area contributed by atoms with Crippen molar-refractivity contribution in [3.63, 3.8) is 0 Å². The summed E-state index contributed by atoms with van der Waals surface area (Å²) in [7, 11) is 0. The van der Waals surface area contributed by atoms with Crippen molar-refractivity contribution >= 4 is 17.0 Å². The van der Waals surface area contributed by atoms with E-state index in [1.807, 2.05) is 29.8 Å². The van der Waals surface area contributed by atoms with Gasteiger partial charge in [0.25, 0.3) is 0 Å². The highest BCUT2D eigenvalue weighted by Crippen LogP contribution is 2.45. The van der Waals surface area contributed by atoms with Crippen LogP contribution in [0.1, 0.15) is 28.2 Å². The smallest absolute Gasteiger partial charge is 0.0729 e. The van der Waals surface area contributed by atoms with E-state index in [0.717, 1.165) is 38.4 Å². The second-order valence-corrected chi connectivity index (χ2v) is 8.82. The number of nitrogens with zero attached hydrogens (tertiary/aromatic N) is 4. The maximum Gasteiger partial charge on any atom is 0.0729 e. The van der Waals surface area contributed by atoms with E-state index in [-0.39, 0.29) is 5.41 Å². The average molecular weight is 377 g/mol. The molecule has 3 aromatic rings. The van der Waals surface area contributed by atoms with Gasteiger partial charge in [-0.2, -0.15) is 0 Å². The van der Waals surface area contributed by atoms with Crippen LogP contribution in [0, 0.1) is 6.92 Å². The van der Waals surface area contributed by atoms with E-state index in [1.54, 1.807) is 0 Å². The summed E-state index contributed by atoms with van der Waals surface area (Å²) in [6.07, 6.45) is 5.02. The molecule has 0 bridgehead atoms. The van der Waals surface area contributed by atoms with Gasteiger partial charge in [-0.15, -0.1) is 11.3 Å². The van der Waals surface area contributed by atoms with Gasteiger partial charge in [-0.3, -0.25) is 14.9 Å². The van der Waals surface area contributed by atoms with E-state index >= 15 is 0 Å². The van der Waals surface area contributed by atoms with Gasteiger partial charge in [0.15, 0.2) is 0 Å². The number of thiophene rings is 1. The van der Waals surface area contributed by atoms with E-state index in [0.29, 0.717) is 0 Å². The Morgan fingerprint density at radius 3 is 2.78 bits per heavy atom. The van der Waals surface area contributed by atoms with Crippen LogP contribution < -0.4 is 4.90 Å². The average Bonchev–Trinajstić information content (AvgIpc) is 3.37. The maximum absolute atomic E-state index is 4.85. The molecule has 0 radical (unpaired) electrons. The molecule has 4 nitrogen and oxygen atoms in total. The monoisotopic (exact) mass is 376 g/mol. The van der Waals surface area contributed by atoms with Gasteiger partial charge in [0.05, 0.1) is 23.6 Å². The van der Waals surface area contributed by atoms with Gasteiger partial charge in [0, 0.05) is 42.3 Å². The highest BCUT2D eigenvalue weighted by molar-refractivity contribution is 7.10. The lowest BCUT2D eigenvalue weighted by molar-refractivity contribution is 0.307. The predicted octanol–water partition coefficient (Wildman–Crippen LogP) is 4.01. The van der Waals surface area contributed by atoms with Crippen LogP contribution in [0.3, 0.4) is 0 Å². The van der Waals surface area contributed by atoms with Gasteiger partial charge in [-0.25, -0.2) is 0 Å². The molecule has 2 aliphatic heterocycles. The molecule has 1 atom stereocenters. The summed E-state index contributed by atoms with van der Waals surface area (Å²) < 4.78 is 0. The lowest BCUT2D eigenvalue weighted by Gasteiger charge is -2.25. The first-order valence-electron chi connectivity index (χ1n) is 9.59. The van der Waals surface area contributed by atoms with Gasteiger partial charge in [0.1, 0.15) is 0 Å². The van der Waals surface area contributed by atoms with Crippen molar-refractivity contribution in [3.05, 3.63) is 76.0 Å². The highest BCUT2D eigenvalue weighted by atomic mass is 32.1. The number of likely N-dealkylation sites (tertiary alicyclic amines) is 1. The van der Waals surface area contributed by atoms with Gasteiger partial charge < -0.3 is 4.90 Å². The summed E-state index contributed by atoms with van der Waals surface area (Å²) in [5.41, 5.74) is 5.26. The third kappa shape index (κ3) is 3.05. The molecule has 0 aliphatic carbocycles. The molecule has 5 heteroatoms. The fourth-order valence-corrected chi connectivity index (χ4v) is 5.55. The molecule has 1 saturated heterocycles. The van der Waals surface area contributed by atoms with E-state index in [4.69, 9.17) is 4.98 Å². The lowest BCUT2D eigenvalue weighted by Crippen LogP contribution is -2.36. The molecule has 0 saturated carbocycles. The number of hydrogen-bond donors (Lipinski definition) is 0. The Balaban J connectivity index is 1.39. The minimum absolute atomic E-state index is 0.149. The Labute approximate surface area is 164 Å². The molecule has 27 heavy (non-hydrogen) atoms. The molecule has 0 unspecified atom stereocenters.